The molecule has 0 fully saturated rings. The molecular formula is C12H13ClNO5-. The number of halogens is 1. The second-order valence-electron chi connectivity index (χ2n) is 3.60. The largest absolute Gasteiger partial charge is 0.546 e. The fourth-order valence-corrected chi connectivity index (χ4v) is 1.68. The third kappa shape index (κ3) is 3.75. The van der Waals surface area contributed by atoms with Gasteiger partial charge in [-0.25, -0.2) is 0 Å². The van der Waals surface area contributed by atoms with E-state index in [9.17, 15) is 9.90 Å². The molecule has 104 valence electrons. The highest BCUT2D eigenvalue weighted by Crippen LogP contribution is 2.34. The molecule has 1 atom stereocenters. The van der Waals surface area contributed by atoms with Crippen molar-refractivity contribution in [2.24, 2.45) is 5.16 Å². The van der Waals surface area contributed by atoms with Crippen LogP contribution >= 0.6 is 11.6 Å². The SMILES string of the molecule is CCC(Oc1c(C=NO)cc(Cl)cc1OC)C(=O)[O-]. The smallest absolute Gasteiger partial charge is 0.171 e. The molecule has 0 bridgehead atoms. The van der Waals surface area contributed by atoms with Crippen molar-refractivity contribution in [2.45, 2.75) is 19.4 Å². The predicted octanol–water partition coefficient (Wildman–Crippen LogP) is 1.06. The maximum absolute atomic E-state index is 10.9. The van der Waals surface area contributed by atoms with E-state index in [0.29, 0.717) is 10.6 Å². The maximum Gasteiger partial charge on any atom is 0.171 e. The van der Waals surface area contributed by atoms with Gasteiger partial charge < -0.3 is 24.6 Å². The van der Waals surface area contributed by atoms with E-state index < -0.39 is 12.1 Å². The van der Waals surface area contributed by atoms with E-state index in [-0.39, 0.29) is 17.9 Å². The highest BCUT2D eigenvalue weighted by molar-refractivity contribution is 6.31. The third-order valence-corrected chi connectivity index (χ3v) is 2.58. The molecule has 0 saturated heterocycles. The molecular weight excluding hydrogens is 274 g/mol. The monoisotopic (exact) mass is 286 g/mol. The quantitative estimate of drug-likeness (QED) is 0.480. The number of ether oxygens (including phenoxy) is 2. The first-order chi connectivity index (χ1) is 9.03. The minimum Gasteiger partial charge on any atom is -0.546 e. The van der Waals surface area contributed by atoms with Gasteiger partial charge in [-0.05, 0) is 12.5 Å². The molecule has 0 amide bonds. The Morgan fingerprint density at radius 2 is 2.32 bits per heavy atom. The summed E-state index contributed by atoms with van der Waals surface area (Å²) in [6, 6.07) is 2.93. The van der Waals surface area contributed by atoms with E-state index in [1.165, 1.54) is 19.2 Å². The molecule has 0 radical (unpaired) electrons. The Morgan fingerprint density at radius 1 is 1.63 bits per heavy atom. The van der Waals surface area contributed by atoms with Gasteiger partial charge in [-0.2, -0.15) is 0 Å². The summed E-state index contributed by atoms with van der Waals surface area (Å²) >= 11 is 5.86. The van der Waals surface area contributed by atoms with Crippen LogP contribution in [0, 0.1) is 0 Å². The van der Waals surface area contributed by atoms with Gasteiger partial charge in [0.25, 0.3) is 0 Å². The lowest BCUT2D eigenvalue weighted by Crippen LogP contribution is -2.39. The highest BCUT2D eigenvalue weighted by atomic mass is 35.5. The van der Waals surface area contributed by atoms with Gasteiger partial charge in [0.05, 0.1) is 19.3 Å². The van der Waals surface area contributed by atoms with Crippen LogP contribution < -0.4 is 14.6 Å². The molecule has 1 aromatic carbocycles. The minimum absolute atomic E-state index is 0.126. The lowest BCUT2D eigenvalue weighted by molar-refractivity contribution is -0.313. The molecule has 0 aliphatic carbocycles. The van der Waals surface area contributed by atoms with E-state index in [0.717, 1.165) is 6.21 Å². The van der Waals surface area contributed by atoms with Crippen LogP contribution in [0.3, 0.4) is 0 Å². The number of carbonyl (C=O) groups excluding carboxylic acids is 1. The fraction of sp³-hybridized carbons (Fsp3) is 0.333. The summed E-state index contributed by atoms with van der Waals surface area (Å²) in [7, 11) is 1.39. The molecule has 0 saturated carbocycles. The van der Waals surface area contributed by atoms with Crippen molar-refractivity contribution in [3.05, 3.63) is 22.7 Å². The number of methoxy groups -OCH3 is 1. The number of carboxylic acid groups (broad SMARTS) is 1. The van der Waals surface area contributed by atoms with Gasteiger partial charge in [0, 0.05) is 16.7 Å². The summed E-state index contributed by atoms with van der Waals surface area (Å²) < 4.78 is 10.4. The van der Waals surface area contributed by atoms with Gasteiger partial charge in [-0.1, -0.05) is 23.7 Å². The molecule has 0 aromatic heterocycles. The summed E-state index contributed by atoms with van der Waals surface area (Å²) in [5.41, 5.74) is 0.298. The molecule has 0 aliphatic heterocycles. The average Bonchev–Trinajstić information content (AvgIpc) is 2.37. The van der Waals surface area contributed by atoms with E-state index in [4.69, 9.17) is 26.3 Å². The second-order valence-corrected chi connectivity index (χ2v) is 4.04. The third-order valence-electron chi connectivity index (χ3n) is 2.36. The summed E-state index contributed by atoms with van der Waals surface area (Å²) in [4.78, 5) is 10.9. The fourth-order valence-electron chi connectivity index (χ4n) is 1.47. The maximum atomic E-state index is 10.9. The number of nitrogens with zero attached hydrogens (tertiary/aromatic N) is 1. The van der Waals surface area contributed by atoms with E-state index in [1.807, 2.05) is 0 Å². The Balaban J connectivity index is 3.25. The van der Waals surface area contributed by atoms with Crippen molar-refractivity contribution in [1.29, 1.82) is 0 Å². The van der Waals surface area contributed by atoms with E-state index in [2.05, 4.69) is 5.16 Å². The minimum atomic E-state index is -1.34. The van der Waals surface area contributed by atoms with Gasteiger partial charge in [0.1, 0.15) is 6.10 Å². The zero-order valence-electron chi connectivity index (χ0n) is 10.4. The van der Waals surface area contributed by atoms with Crippen molar-refractivity contribution in [1.82, 2.24) is 0 Å². The van der Waals surface area contributed by atoms with Gasteiger partial charge >= 0.3 is 0 Å². The number of hydrogen-bond donors (Lipinski definition) is 1. The number of aliphatic carboxylic acids is 1. The Bertz CT molecular complexity index is 489. The van der Waals surface area contributed by atoms with Crippen molar-refractivity contribution in [2.75, 3.05) is 7.11 Å². The van der Waals surface area contributed by atoms with Gasteiger partial charge in [-0.3, -0.25) is 0 Å². The molecule has 0 heterocycles. The number of carbonyl (C=O) groups is 1. The lowest BCUT2D eigenvalue weighted by atomic mass is 10.2. The molecule has 6 nitrogen and oxygen atoms in total. The van der Waals surface area contributed by atoms with Crippen molar-refractivity contribution in [3.63, 3.8) is 0 Å². The zero-order valence-corrected chi connectivity index (χ0v) is 11.2. The van der Waals surface area contributed by atoms with Crippen LogP contribution in [0.5, 0.6) is 11.5 Å². The molecule has 1 rings (SSSR count). The summed E-state index contributed by atoms with van der Waals surface area (Å²) in [5.74, 6) is -0.978. The van der Waals surface area contributed by atoms with Crippen molar-refractivity contribution >= 4 is 23.8 Å². The molecule has 7 heteroatoms. The summed E-state index contributed by atoms with van der Waals surface area (Å²) in [6.07, 6.45) is 0.149. The van der Waals surface area contributed by atoms with Crippen LogP contribution in [-0.4, -0.2) is 30.6 Å². The highest BCUT2D eigenvalue weighted by Gasteiger charge is 2.17. The Morgan fingerprint density at radius 3 is 2.79 bits per heavy atom. The van der Waals surface area contributed by atoms with Crippen LogP contribution in [-0.2, 0) is 4.79 Å². The lowest BCUT2D eigenvalue weighted by Gasteiger charge is -2.21. The summed E-state index contributed by atoms with van der Waals surface area (Å²) in [6.45, 7) is 1.64. The molecule has 0 spiro atoms. The normalized spacial score (nSPS) is 12.4. The first-order valence-corrected chi connectivity index (χ1v) is 5.83. The second kappa shape index (κ2) is 6.84. The van der Waals surface area contributed by atoms with Gasteiger partial charge in [0.2, 0.25) is 0 Å². The number of oxime groups is 1. The van der Waals surface area contributed by atoms with Crippen LogP contribution in [0.15, 0.2) is 17.3 Å². The van der Waals surface area contributed by atoms with Gasteiger partial charge in [-0.15, -0.1) is 0 Å². The summed E-state index contributed by atoms with van der Waals surface area (Å²) in [5, 5.41) is 22.7. The average molecular weight is 287 g/mol. The van der Waals surface area contributed by atoms with Crippen LogP contribution in [0.2, 0.25) is 5.02 Å². The Labute approximate surface area is 115 Å². The Kier molecular flexibility index (Phi) is 5.44. The number of rotatable bonds is 6. The molecule has 1 unspecified atom stereocenters. The molecule has 1 N–H and O–H groups in total. The molecule has 1 aromatic rings. The van der Waals surface area contributed by atoms with Crippen LogP contribution in [0.25, 0.3) is 0 Å². The van der Waals surface area contributed by atoms with Gasteiger partial charge in [0.15, 0.2) is 11.5 Å². The topological polar surface area (TPSA) is 91.2 Å². The number of benzene rings is 1. The van der Waals surface area contributed by atoms with Crippen LogP contribution in [0.1, 0.15) is 18.9 Å². The van der Waals surface area contributed by atoms with Crippen LogP contribution in [0.4, 0.5) is 0 Å². The predicted molar refractivity (Wildman–Crippen MR) is 67.1 cm³/mol. The van der Waals surface area contributed by atoms with E-state index in [1.54, 1.807) is 6.92 Å². The van der Waals surface area contributed by atoms with Crippen molar-refractivity contribution < 1.29 is 24.6 Å². The Hall–Kier alpha value is -1.95. The van der Waals surface area contributed by atoms with E-state index >= 15 is 0 Å². The number of hydrogen-bond acceptors (Lipinski definition) is 6. The number of carboxylic acids is 1. The molecule has 19 heavy (non-hydrogen) atoms. The molecule has 0 aliphatic rings. The standard InChI is InChI=1S/C12H14ClNO5/c1-3-9(12(15)16)19-11-7(6-14-17)4-8(13)5-10(11)18-2/h4-6,9,17H,3H2,1-2H3,(H,15,16)/p-1. The van der Waals surface area contributed by atoms with Crippen molar-refractivity contribution in [3.8, 4) is 11.5 Å². The first kappa shape index (κ1) is 15.1. The first-order valence-electron chi connectivity index (χ1n) is 5.46. The zero-order chi connectivity index (χ0) is 14.4.